The van der Waals surface area contributed by atoms with Crippen molar-refractivity contribution in [1.82, 2.24) is 0 Å². The van der Waals surface area contributed by atoms with Crippen LogP contribution in [0.2, 0.25) is 0 Å². The van der Waals surface area contributed by atoms with E-state index in [4.69, 9.17) is 9.47 Å². The number of methoxy groups -OCH3 is 1. The lowest BCUT2D eigenvalue weighted by Gasteiger charge is -2.40. The summed E-state index contributed by atoms with van der Waals surface area (Å²) in [6.07, 6.45) is 9.10. The van der Waals surface area contributed by atoms with Crippen LogP contribution in [0.5, 0.6) is 11.5 Å². The number of ether oxygens (including phenoxy) is 2. The molecule has 1 heterocycles. The molecule has 0 radical (unpaired) electrons. The summed E-state index contributed by atoms with van der Waals surface area (Å²) in [7, 11) is 1.50. The van der Waals surface area contributed by atoms with Crippen LogP contribution in [-0.4, -0.2) is 42.8 Å². The van der Waals surface area contributed by atoms with Crippen molar-refractivity contribution >= 4 is 18.0 Å². The summed E-state index contributed by atoms with van der Waals surface area (Å²) in [4.78, 5) is 29.2. The third-order valence-electron chi connectivity index (χ3n) is 6.85. The van der Waals surface area contributed by atoms with Gasteiger partial charge in [0.1, 0.15) is 11.9 Å². The molecule has 0 unspecified atom stereocenters. The number of carbonyl (C=O) groups is 2. The van der Waals surface area contributed by atoms with E-state index in [9.17, 15) is 14.7 Å². The Bertz CT molecular complexity index is 875. The minimum absolute atomic E-state index is 0.0785. The van der Waals surface area contributed by atoms with Crippen molar-refractivity contribution in [3.63, 3.8) is 0 Å². The van der Waals surface area contributed by atoms with Crippen LogP contribution in [0.25, 0.3) is 0 Å². The van der Waals surface area contributed by atoms with Crippen LogP contribution in [0.15, 0.2) is 34.8 Å². The van der Waals surface area contributed by atoms with E-state index in [-0.39, 0.29) is 35.8 Å². The van der Waals surface area contributed by atoms with Gasteiger partial charge in [-0.25, -0.2) is 0 Å². The fourth-order valence-corrected chi connectivity index (χ4v) is 5.09. The number of esters is 1. The summed E-state index contributed by atoms with van der Waals surface area (Å²) >= 11 is 0. The smallest absolute Gasteiger partial charge is 0.302 e. The SMILES string of the molecule is CC[C@H]1CC[C@H](C2=CCN=C2)[C@@H]([C@H](CC(=O)CCc2ccc(O)c(OC)c2)OC(C)=O)C1. The highest BCUT2D eigenvalue weighted by Crippen LogP contribution is 2.43. The van der Waals surface area contributed by atoms with Gasteiger partial charge in [-0.05, 0) is 60.8 Å². The van der Waals surface area contributed by atoms with Gasteiger partial charge in [-0.3, -0.25) is 14.6 Å². The largest absolute Gasteiger partial charge is 0.504 e. The first-order chi connectivity index (χ1) is 15.4. The molecule has 1 aromatic rings. The molecule has 32 heavy (non-hydrogen) atoms. The molecule has 1 aliphatic heterocycles. The number of hydrogen-bond donors (Lipinski definition) is 1. The van der Waals surface area contributed by atoms with Crippen molar-refractivity contribution in [2.75, 3.05) is 13.7 Å². The van der Waals surface area contributed by atoms with Gasteiger partial charge in [-0.15, -0.1) is 0 Å². The van der Waals surface area contributed by atoms with Crippen molar-refractivity contribution in [3.8, 4) is 11.5 Å². The number of aromatic hydroxyl groups is 1. The van der Waals surface area contributed by atoms with E-state index >= 15 is 0 Å². The van der Waals surface area contributed by atoms with E-state index in [0.29, 0.717) is 31.1 Å². The predicted octanol–water partition coefficient (Wildman–Crippen LogP) is 4.68. The van der Waals surface area contributed by atoms with E-state index in [1.54, 1.807) is 18.2 Å². The van der Waals surface area contributed by atoms with Crippen LogP contribution in [0, 0.1) is 17.8 Å². The number of aryl methyl sites for hydroxylation is 1. The summed E-state index contributed by atoms with van der Waals surface area (Å²) in [6.45, 7) is 4.34. The number of hydrogen-bond acceptors (Lipinski definition) is 6. The first-order valence-electron chi connectivity index (χ1n) is 11.7. The van der Waals surface area contributed by atoms with Crippen LogP contribution < -0.4 is 4.74 Å². The maximum absolute atomic E-state index is 12.9. The highest BCUT2D eigenvalue weighted by molar-refractivity contribution is 5.82. The molecule has 3 rings (SSSR count). The maximum atomic E-state index is 12.9. The number of aliphatic imine (C=N–C) groups is 1. The highest BCUT2D eigenvalue weighted by Gasteiger charge is 2.39. The quantitative estimate of drug-likeness (QED) is 0.533. The Morgan fingerprint density at radius 2 is 2.09 bits per heavy atom. The lowest BCUT2D eigenvalue weighted by molar-refractivity contribution is -0.152. The third kappa shape index (κ3) is 6.21. The second kappa shape index (κ2) is 11.3. The number of rotatable bonds is 10. The average Bonchev–Trinajstić information content (AvgIpc) is 3.32. The molecule has 0 saturated heterocycles. The summed E-state index contributed by atoms with van der Waals surface area (Å²) < 4.78 is 10.9. The fraction of sp³-hybridized carbons (Fsp3) is 0.577. The zero-order chi connectivity index (χ0) is 23.1. The molecule has 2 aliphatic rings. The molecular weight excluding hydrogens is 406 g/mol. The normalized spacial score (nSPS) is 23.5. The second-order valence-corrected chi connectivity index (χ2v) is 8.95. The molecule has 1 aromatic carbocycles. The Kier molecular flexibility index (Phi) is 8.48. The standard InChI is InChI=1S/C26H35NO5/c1-4-18-6-9-22(20-11-12-27-16-20)23(13-18)25(32-17(2)28)15-21(29)8-5-19-7-10-24(30)26(14-19)31-3/h7,10-11,14,16,18,22-23,25,30H,4-6,8-9,12-13,15H2,1-3H3/t18-,22+,23-,25-/m0/s1. The minimum atomic E-state index is -0.413. The van der Waals surface area contributed by atoms with E-state index in [1.165, 1.54) is 19.6 Å². The van der Waals surface area contributed by atoms with Gasteiger partial charge in [0.05, 0.1) is 13.7 Å². The summed E-state index contributed by atoms with van der Waals surface area (Å²) in [6, 6.07) is 5.12. The van der Waals surface area contributed by atoms with E-state index in [0.717, 1.165) is 31.2 Å². The van der Waals surface area contributed by atoms with Crippen molar-refractivity contribution in [3.05, 3.63) is 35.4 Å². The number of allylic oxidation sites excluding steroid dienone is 1. The van der Waals surface area contributed by atoms with Gasteiger partial charge in [0.25, 0.3) is 0 Å². The molecule has 0 amide bonds. The molecule has 6 nitrogen and oxygen atoms in total. The van der Waals surface area contributed by atoms with Gasteiger partial charge in [-0.2, -0.15) is 0 Å². The Hall–Kier alpha value is -2.63. The van der Waals surface area contributed by atoms with Crippen LogP contribution >= 0.6 is 0 Å². The van der Waals surface area contributed by atoms with Crippen molar-refractivity contribution in [1.29, 1.82) is 0 Å². The number of carbonyl (C=O) groups excluding carboxylic acids is 2. The Morgan fingerprint density at radius 1 is 1.28 bits per heavy atom. The molecular formula is C26H35NO5. The number of phenolic OH excluding ortho intramolecular Hbond substituents is 1. The van der Waals surface area contributed by atoms with Crippen LogP contribution in [-0.2, 0) is 20.7 Å². The van der Waals surface area contributed by atoms with Crippen molar-refractivity contribution in [2.45, 2.75) is 64.9 Å². The zero-order valence-electron chi connectivity index (χ0n) is 19.4. The summed E-state index contributed by atoms with van der Waals surface area (Å²) in [5.41, 5.74) is 2.15. The molecule has 174 valence electrons. The Morgan fingerprint density at radius 3 is 2.75 bits per heavy atom. The number of benzene rings is 1. The maximum Gasteiger partial charge on any atom is 0.302 e. The fourth-order valence-electron chi connectivity index (χ4n) is 5.09. The molecule has 0 aromatic heterocycles. The number of nitrogens with zero attached hydrogens (tertiary/aromatic N) is 1. The molecule has 1 N–H and O–H groups in total. The molecule has 1 aliphatic carbocycles. The lowest BCUT2D eigenvalue weighted by Crippen LogP contribution is -2.38. The van der Waals surface area contributed by atoms with Gasteiger partial charge in [0, 0.05) is 31.9 Å². The van der Waals surface area contributed by atoms with Gasteiger partial charge in [0.2, 0.25) is 0 Å². The van der Waals surface area contributed by atoms with Crippen LogP contribution in [0.4, 0.5) is 0 Å². The topological polar surface area (TPSA) is 85.2 Å². The minimum Gasteiger partial charge on any atom is -0.504 e. The lowest BCUT2D eigenvalue weighted by atomic mass is 9.67. The summed E-state index contributed by atoms with van der Waals surface area (Å²) in [5, 5.41) is 9.76. The van der Waals surface area contributed by atoms with E-state index in [1.807, 2.05) is 6.21 Å². The number of phenols is 1. The van der Waals surface area contributed by atoms with Crippen molar-refractivity contribution < 1.29 is 24.2 Å². The monoisotopic (exact) mass is 441 g/mol. The van der Waals surface area contributed by atoms with Gasteiger partial charge in [0.15, 0.2) is 11.5 Å². The molecule has 0 bridgehead atoms. The molecule has 0 spiro atoms. The molecule has 6 heteroatoms. The predicted molar refractivity (Wildman–Crippen MR) is 124 cm³/mol. The van der Waals surface area contributed by atoms with Gasteiger partial charge >= 0.3 is 5.97 Å². The highest BCUT2D eigenvalue weighted by atomic mass is 16.5. The average molecular weight is 442 g/mol. The second-order valence-electron chi connectivity index (χ2n) is 8.95. The van der Waals surface area contributed by atoms with Crippen LogP contribution in [0.1, 0.15) is 57.9 Å². The molecule has 4 atom stereocenters. The Balaban J connectivity index is 1.70. The Labute approximate surface area is 190 Å². The van der Waals surface area contributed by atoms with Crippen LogP contribution in [0.3, 0.4) is 0 Å². The van der Waals surface area contributed by atoms with Gasteiger partial charge in [-0.1, -0.05) is 25.5 Å². The summed E-state index contributed by atoms with van der Waals surface area (Å²) in [5.74, 6) is 1.22. The first-order valence-corrected chi connectivity index (χ1v) is 11.7. The first kappa shape index (κ1) is 24.0. The van der Waals surface area contributed by atoms with E-state index < -0.39 is 6.10 Å². The van der Waals surface area contributed by atoms with Gasteiger partial charge < -0.3 is 14.6 Å². The molecule has 1 fully saturated rings. The molecule has 1 saturated carbocycles. The van der Waals surface area contributed by atoms with E-state index in [2.05, 4.69) is 18.0 Å². The number of Topliss-reactive ketones (excluding diaryl/α,β-unsaturated/α-hetero) is 1. The zero-order valence-corrected chi connectivity index (χ0v) is 19.4. The van der Waals surface area contributed by atoms with Crippen molar-refractivity contribution in [2.24, 2.45) is 22.7 Å². The number of ketones is 1. The third-order valence-corrected chi connectivity index (χ3v) is 6.85.